The highest BCUT2D eigenvalue weighted by molar-refractivity contribution is 7.07. The lowest BCUT2D eigenvalue weighted by molar-refractivity contribution is -0.125. The molecule has 0 aliphatic heterocycles. The smallest absolute Gasteiger partial charge is 0.237 e. The molecule has 0 saturated carbocycles. The third kappa shape index (κ3) is 3.32. The van der Waals surface area contributed by atoms with Gasteiger partial charge in [0.2, 0.25) is 5.91 Å². The van der Waals surface area contributed by atoms with E-state index >= 15 is 0 Å². The molecular formula is C12H20N2OS. The maximum absolute atomic E-state index is 11.9. The van der Waals surface area contributed by atoms with Gasteiger partial charge >= 0.3 is 0 Å². The molecule has 3 nitrogen and oxygen atoms in total. The number of carbonyl (C=O) groups excluding carboxylic acids is 1. The molecule has 0 spiro atoms. The number of nitrogens with two attached hydrogens (primary N) is 1. The number of rotatable bonds is 3. The summed E-state index contributed by atoms with van der Waals surface area (Å²) in [5, 5.41) is 6.97. The number of hydrogen-bond donors (Lipinski definition) is 2. The number of nitrogens with one attached hydrogen (secondary N) is 1. The van der Waals surface area contributed by atoms with Crippen molar-refractivity contribution in [1.29, 1.82) is 0 Å². The summed E-state index contributed by atoms with van der Waals surface area (Å²) in [5.74, 6) is -0.0915. The van der Waals surface area contributed by atoms with Crippen LogP contribution < -0.4 is 11.1 Å². The maximum atomic E-state index is 11.9. The normalized spacial score (nSPS) is 15.6. The second-order valence-corrected chi connectivity index (χ2v) is 5.91. The molecule has 0 radical (unpaired) electrons. The lowest BCUT2D eigenvalue weighted by Gasteiger charge is -2.27. The zero-order valence-corrected chi connectivity index (χ0v) is 11.1. The van der Waals surface area contributed by atoms with Crippen molar-refractivity contribution in [2.45, 2.75) is 39.8 Å². The summed E-state index contributed by atoms with van der Waals surface area (Å²) in [5.41, 5.74) is 6.80. The monoisotopic (exact) mass is 240 g/mol. The van der Waals surface area contributed by atoms with E-state index in [2.05, 4.69) is 5.32 Å². The first-order valence-corrected chi connectivity index (χ1v) is 6.34. The molecule has 0 aromatic carbocycles. The summed E-state index contributed by atoms with van der Waals surface area (Å²) in [7, 11) is 0. The van der Waals surface area contributed by atoms with E-state index in [1.54, 1.807) is 11.3 Å². The summed E-state index contributed by atoms with van der Waals surface area (Å²) < 4.78 is 0. The van der Waals surface area contributed by atoms with Crippen molar-refractivity contribution in [3.8, 4) is 0 Å². The van der Waals surface area contributed by atoms with Gasteiger partial charge in [-0.1, -0.05) is 20.8 Å². The van der Waals surface area contributed by atoms with Gasteiger partial charge in [-0.3, -0.25) is 4.79 Å². The zero-order chi connectivity index (χ0) is 12.3. The first-order chi connectivity index (χ1) is 7.32. The molecule has 0 aliphatic rings. The van der Waals surface area contributed by atoms with Crippen LogP contribution >= 0.6 is 11.3 Å². The molecule has 0 fully saturated rings. The van der Waals surface area contributed by atoms with Gasteiger partial charge in [-0.05, 0) is 34.7 Å². The summed E-state index contributed by atoms with van der Waals surface area (Å²) in [6, 6.07) is 1.55. The van der Waals surface area contributed by atoms with E-state index in [1.807, 2.05) is 44.5 Å². The van der Waals surface area contributed by atoms with Crippen LogP contribution in [0.1, 0.15) is 39.3 Å². The van der Waals surface area contributed by atoms with Gasteiger partial charge in [-0.2, -0.15) is 11.3 Å². The molecule has 1 aromatic rings. The highest BCUT2D eigenvalue weighted by Crippen LogP contribution is 2.20. The summed E-state index contributed by atoms with van der Waals surface area (Å²) in [4.78, 5) is 11.9. The van der Waals surface area contributed by atoms with Crippen molar-refractivity contribution in [3.05, 3.63) is 22.4 Å². The lowest BCUT2D eigenvalue weighted by atomic mass is 9.87. The molecule has 16 heavy (non-hydrogen) atoms. The van der Waals surface area contributed by atoms with Crippen molar-refractivity contribution < 1.29 is 4.79 Å². The van der Waals surface area contributed by atoms with Crippen molar-refractivity contribution in [2.75, 3.05) is 0 Å². The maximum Gasteiger partial charge on any atom is 0.237 e. The lowest BCUT2D eigenvalue weighted by Crippen LogP contribution is -2.49. The fraction of sp³-hybridized carbons (Fsp3) is 0.583. The third-order valence-electron chi connectivity index (χ3n) is 2.62. The molecular weight excluding hydrogens is 220 g/mol. The van der Waals surface area contributed by atoms with Gasteiger partial charge in [0.15, 0.2) is 0 Å². The summed E-state index contributed by atoms with van der Waals surface area (Å²) >= 11 is 1.63. The SMILES string of the molecule is CC(NC(=O)C(N)C(C)(C)C)c1ccsc1. The van der Waals surface area contributed by atoms with Crippen molar-refractivity contribution in [1.82, 2.24) is 5.32 Å². The van der Waals surface area contributed by atoms with Crippen LogP contribution in [0.3, 0.4) is 0 Å². The van der Waals surface area contributed by atoms with Crippen LogP contribution in [-0.2, 0) is 4.79 Å². The van der Waals surface area contributed by atoms with Crippen LogP contribution in [0.2, 0.25) is 0 Å². The van der Waals surface area contributed by atoms with Gasteiger partial charge in [-0.15, -0.1) is 0 Å². The fourth-order valence-electron chi connectivity index (χ4n) is 1.30. The molecule has 0 saturated heterocycles. The average molecular weight is 240 g/mol. The Morgan fingerprint density at radius 2 is 2.12 bits per heavy atom. The molecule has 4 heteroatoms. The molecule has 90 valence electrons. The molecule has 1 heterocycles. The van der Waals surface area contributed by atoms with Crippen LogP contribution in [0.25, 0.3) is 0 Å². The summed E-state index contributed by atoms with van der Waals surface area (Å²) in [6.45, 7) is 7.86. The Morgan fingerprint density at radius 3 is 2.56 bits per heavy atom. The third-order valence-corrected chi connectivity index (χ3v) is 3.32. The Labute approximate surface area is 101 Å². The quantitative estimate of drug-likeness (QED) is 0.851. The minimum atomic E-state index is -0.478. The Balaban J connectivity index is 2.59. The molecule has 0 bridgehead atoms. The zero-order valence-electron chi connectivity index (χ0n) is 10.3. The largest absolute Gasteiger partial charge is 0.348 e. The van der Waals surface area contributed by atoms with Gasteiger partial charge in [0, 0.05) is 0 Å². The van der Waals surface area contributed by atoms with E-state index in [4.69, 9.17) is 5.73 Å². The molecule has 2 unspecified atom stereocenters. The van der Waals surface area contributed by atoms with Crippen LogP contribution in [0, 0.1) is 5.41 Å². The average Bonchev–Trinajstić information content (AvgIpc) is 2.67. The highest BCUT2D eigenvalue weighted by Gasteiger charge is 2.28. The minimum Gasteiger partial charge on any atom is -0.348 e. The van der Waals surface area contributed by atoms with Crippen LogP contribution in [-0.4, -0.2) is 11.9 Å². The second kappa shape index (κ2) is 4.97. The van der Waals surface area contributed by atoms with Crippen molar-refractivity contribution in [2.24, 2.45) is 11.1 Å². The number of amides is 1. The van der Waals surface area contributed by atoms with E-state index in [1.165, 1.54) is 0 Å². The molecule has 2 atom stereocenters. The number of thiophene rings is 1. The Bertz CT molecular complexity index is 340. The predicted octanol–water partition coefficient (Wildman–Crippen LogP) is 2.30. The van der Waals surface area contributed by atoms with Gasteiger partial charge in [0.1, 0.15) is 0 Å². The van der Waals surface area contributed by atoms with E-state index in [9.17, 15) is 4.79 Å². The highest BCUT2D eigenvalue weighted by atomic mass is 32.1. The van der Waals surface area contributed by atoms with E-state index in [0.717, 1.165) is 5.56 Å². The van der Waals surface area contributed by atoms with Gasteiger partial charge in [0.05, 0.1) is 12.1 Å². The standard InChI is InChI=1S/C12H20N2OS/c1-8(9-5-6-16-7-9)14-11(15)10(13)12(2,3)4/h5-8,10H,13H2,1-4H3,(H,14,15). The first kappa shape index (κ1) is 13.2. The van der Waals surface area contributed by atoms with Gasteiger partial charge < -0.3 is 11.1 Å². The molecule has 0 aliphatic carbocycles. The Hall–Kier alpha value is -0.870. The summed E-state index contributed by atoms with van der Waals surface area (Å²) in [6.07, 6.45) is 0. The van der Waals surface area contributed by atoms with Crippen molar-refractivity contribution in [3.63, 3.8) is 0 Å². The van der Waals surface area contributed by atoms with E-state index in [0.29, 0.717) is 0 Å². The number of hydrogen-bond acceptors (Lipinski definition) is 3. The molecule has 1 amide bonds. The van der Waals surface area contributed by atoms with Gasteiger partial charge in [0.25, 0.3) is 0 Å². The van der Waals surface area contributed by atoms with Crippen LogP contribution in [0.4, 0.5) is 0 Å². The predicted molar refractivity (Wildman–Crippen MR) is 68.3 cm³/mol. The molecule has 1 aromatic heterocycles. The second-order valence-electron chi connectivity index (χ2n) is 5.13. The van der Waals surface area contributed by atoms with Gasteiger partial charge in [-0.25, -0.2) is 0 Å². The molecule has 3 N–H and O–H groups in total. The Kier molecular flexibility index (Phi) is 4.10. The van der Waals surface area contributed by atoms with E-state index in [-0.39, 0.29) is 17.4 Å². The Morgan fingerprint density at radius 1 is 1.50 bits per heavy atom. The molecule has 1 rings (SSSR count). The van der Waals surface area contributed by atoms with Crippen LogP contribution in [0.5, 0.6) is 0 Å². The van der Waals surface area contributed by atoms with Crippen LogP contribution in [0.15, 0.2) is 16.8 Å². The topological polar surface area (TPSA) is 55.1 Å². The fourth-order valence-corrected chi connectivity index (χ4v) is 2.06. The first-order valence-electron chi connectivity index (χ1n) is 5.40. The minimum absolute atomic E-state index is 0.0205. The number of carbonyl (C=O) groups is 1. The van der Waals surface area contributed by atoms with E-state index < -0.39 is 6.04 Å². The van der Waals surface area contributed by atoms with Crippen molar-refractivity contribution >= 4 is 17.2 Å².